The second-order valence-corrected chi connectivity index (χ2v) is 4.50. The SMILES string of the molecule is Cc1cc(N(C)CCC(C)C)ncc1N. The summed E-state index contributed by atoms with van der Waals surface area (Å²) < 4.78 is 0. The molecule has 0 saturated carbocycles. The van der Waals surface area contributed by atoms with Crippen molar-refractivity contribution < 1.29 is 0 Å². The van der Waals surface area contributed by atoms with E-state index in [9.17, 15) is 0 Å². The van der Waals surface area contributed by atoms with Crippen LogP contribution in [0.3, 0.4) is 0 Å². The predicted molar refractivity (Wildman–Crippen MR) is 66.1 cm³/mol. The summed E-state index contributed by atoms with van der Waals surface area (Å²) in [6, 6.07) is 2.04. The van der Waals surface area contributed by atoms with Crippen LogP contribution in [0.2, 0.25) is 0 Å². The van der Waals surface area contributed by atoms with Crippen molar-refractivity contribution in [1.29, 1.82) is 0 Å². The van der Waals surface area contributed by atoms with Gasteiger partial charge in [0.15, 0.2) is 0 Å². The summed E-state index contributed by atoms with van der Waals surface area (Å²) in [5.41, 5.74) is 7.58. The molecular formula is C12H21N3. The standard InChI is InChI=1S/C12H21N3/c1-9(2)5-6-15(4)12-7-10(3)11(13)8-14-12/h7-9H,5-6,13H2,1-4H3. The van der Waals surface area contributed by atoms with E-state index in [-0.39, 0.29) is 0 Å². The van der Waals surface area contributed by atoms with Crippen molar-refractivity contribution in [2.45, 2.75) is 27.2 Å². The van der Waals surface area contributed by atoms with Crippen LogP contribution in [-0.4, -0.2) is 18.6 Å². The number of pyridine rings is 1. The van der Waals surface area contributed by atoms with Crippen molar-refractivity contribution in [3.63, 3.8) is 0 Å². The zero-order valence-electron chi connectivity index (χ0n) is 10.1. The minimum absolute atomic E-state index is 0.724. The Bertz CT molecular complexity index is 321. The van der Waals surface area contributed by atoms with E-state index in [1.165, 1.54) is 6.42 Å². The first-order chi connectivity index (χ1) is 7.00. The van der Waals surface area contributed by atoms with Gasteiger partial charge >= 0.3 is 0 Å². The Morgan fingerprint density at radius 3 is 2.67 bits per heavy atom. The van der Waals surface area contributed by atoms with E-state index in [2.05, 4.69) is 30.8 Å². The van der Waals surface area contributed by atoms with Gasteiger partial charge < -0.3 is 10.6 Å². The van der Waals surface area contributed by atoms with E-state index in [0.29, 0.717) is 0 Å². The molecule has 0 amide bonds. The Kier molecular flexibility index (Phi) is 3.95. The molecule has 3 heteroatoms. The van der Waals surface area contributed by atoms with Gasteiger partial charge in [0.05, 0.1) is 11.9 Å². The van der Waals surface area contributed by atoms with Crippen molar-refractivity contribution in [2.75, 3.05) is 24.2 Å². The van der Waals surface area contributed by atoms with Gasteiger partial charge in [-0.25, -0.2) is 4.98 Å². The Labute approximate surface area is 92.3 Å². The molecule has 0 radical (unpaired) electrons. The molecule has 3 nitrogen and oxygen atoms in total. The fraction of sp³-hybridized carbons (Fsp3) is 0.583. The lowest BCUT2D eigenvalue weighted by Gasteiger charge is -2.19. The van der Waals surface area contributed by atoms with Gasteiger partial charge in [0.2, 0.25) is 0 Å². The molecule has 0 aliphatic carbocycles. The minimum atomic E-state index is 0.724. The highest BCUT2D eigenvalue weighted by Gasteiger charge is 2.04. The highest BCUT2D eigenvalue weighted by atomic mass is 15.2. The van der Waals surface area contributed by atoms with Crippen LogP contribution in [0.25, 0.3) is 0 Å². The predicted octanol–water partition coefficient (Wildman–Crippen LogP) is 2.45. The van der Waals surface area contributed by atoms with Crippen LogP contribution in [0.5, 0.6) is 0 Å². The van der Waals surface area contributed by atoms with Gasteiger partial charge in [-0.2, -0.15) is 0 Å². The quantitative estimate of drug-likeness (QED) is 0.824. The molecule has 0 unspecified atom stereocenters. The lowest BCUT2D eigenvalue weighted by atomic mass is 10.1. The third-order valence-corrected chi connectivity index (χ3v) is 2.57. The summed E-state index contributed by atoms with van der Waals surface area (Å²) in [4.78, 5) is 6.49. The van der Waals surface area contributed by atoms with Crippen molar-refractivity contribution in [2.24, 2.45) is 5.92 Å². The Hall–Kier alpha value is -1.25. The third kappa shape index (κ3) is 3.42. The first-order valence-corrected chi connectivity index (χ1v) is 5.44. The van der Waals surface area contributed by atoms with Gasteiger partial charge in [0.1, 0.15) is 5.82 Å². The summed E-state index contributed by atoms with van der Waals surface area (Å²) >= 11 is 0. The molecule has 2 N–H and O–H groups in total. The molecule has 0 fully saturated rings. The summed E-state index contributed by atoms with van der Waals surface area (Å²) in [5.74, 6) is 1.73. The molecule has 0 saturated heterocycles. The largest absolute Gasteiger partial charge is 0.397 e. The molecule has 84 valence electrons. The maximum absolute atomic E-state index is 5.73. The van der Waals surface area contributed by atoms with Crippen molar-refractivity contribution in [3.05, 3.63) is 17.8 Å². The van der Waals surface area contributed by atoms with E-state index in [1.54, 1.807) is 6.20 Å². The van der Waals surface area contributed by atoms with E-state index in [1.807, 2.05) is 13.0 Å². The maximum Gasteiger partial charge on any atom is 0.128 e. The fourth-order valence-electron chi connectivity index (χ4n) is 1.33. The van der Waals surface area contributed by atoms with E-state index < -0.39 is 0 Å². The fourth-order valence-corrected chi connectivity index (χ4v) is 1.33. The van der Waals surface area contributed by atoms with E-state index >= 15 is 0 Å². The van der Waals surface area contributed by atoms with Crippen LogP contribution >= 0.6 is 0 Å². The monoisotopic (exact) mass is 207 g/mol. The van der Waals surface area contributed by atoms with Crippen LogP contribution in [0, 0.1) is 12.8 Å². The number of nitrogens with zero attached hydrogens (tertiary/aromatic N) is 2. The molecule has 1 heterocycles. The van der Waals surface area contributed by atoms with Crippen LogP contribution < -0.4 is 10.6 Å². The number of nitrogen functional groups attached to an aromatic ring is 1. The van der Waals surface area contributed by atoms with E-state index in [0.717, 1.165) is 29.5 Å². The average Bonchev–Trinajstić information content (AvgIpc) is 2.18. The molecule has 15 heavy (non-hydrogen) atoms. The second kappa shape index (κ2) is 5.01. The first kappa shape index (κ1) is 11.8. The molecule has 0 atom stereocenters. The van der Waals surface area contributed by atoms with Crippen LogP contribution in [0.15, 0.2) is 12.3 Å². The van der Waals surface area contributed by atoms with E-state index in [4.69, 9.17) is 5.73 Å². The average molecular weight is 207 g/mol. The summed E-state index contributed by atoms with van der Waals surface area (Å²) in [5, 5.41) is 0. The van der Waals surface area contributed by atoms with Gasteiger partial charge in [-0.3, -0.25) is 0 Å². The van der Waals surface area contributed by atoms with Crippen molar-refractivity contribution >= 4 is 11.5 Å². The summed E-state index contributed by atoms with van der Waals surface area (Å²) in [7, 11) is 2.07. The normalized spacial score (nSPS) is 10.7. The zero-order valence-corrected chi connectivity index (χ0v) is 10.1. The Balaban J connectivity index is 2.65. The Morgan fingerprint density at radius 2 is 2.13 bits per heavy atom. The summed E-state index contributed by atoms with van der Waals surface area (Å²) in [6.07, 6.45) is 2.91. The van der Waals surface area contributed by atoms with Crippen molar-refractivity contribution in [3.8, 4) is 0 Å². The zero-order chi connectivity index (χ0) is 11.4. The molecule has 1 aromatic heterocycles. The third-order valence-electron chi connectivity index (χ3n) is 2.57. The first-order valence-electron chi connectivity index (χ1n) is 5.44. The molecule has 0 aliphatic rings. The van der Waals surface area contributed by atoms with Gasteiger partial charge in [-0.1, -0.05) is 13.8 Å². The lowest BCUT2D eigenvalue weighted by molar-refractivity contribution is 0.583. The van der Waals surface area contributed by atoms with Gasteiger partial charge in [-0.05, 0) is 30.9 Å². The molecule has 1 aromatic rings. The van der Waals surface area contributed by atoms with Gasteiger partial charge in [-0.15, -0.1) is 0 Å². The van der Waals surface area contributed by atoms with Crippen LogP contribution in [0.4, 0.5) is 11.5 Å². The van der Waals surface area contributed by atoms with Gasteiger partial charge in [0, 0.05) is 13.6 Å². The number of aryl methyl sites for hydroxylation is 1. The Morgan fingerprint density at radius 1 is 1.47 bits per heavy atom. The molecule has 0 aromatic carbocycles. The number of anilines is 2. The molecular weight excluding hydrogens is 186 g/mol. The number of rotatable bonds is 4. The highest BCUT2D eigenvalue weighted by molar-refractivity contribution is 5.51. The van der Waals surface area contributed by atoms with Crippen LogP contribution in [0.1, 0.15) is 25.8 Å². The van der Waals surface area contributed by atoms with Gasteiger partial charge in [0.25, 0.3) is 0 Å². The topological polar surface area (TPSA) is 42.2 Å². The number of aromatic nitrogens is 1. The number of hydrogen-bond donors (Lipinski definition) is 1. The smallest absolute Gasteiger partial charge is 0.128 e. The molecule has 0 spiro atoms. The minimum Gasteiger partial charge on any atom is -0.397 e. The molecule has 0 bridgehead atoms. The lowest BCUT2D eigenvalue weighted by Crippen LogP contribution is -2.21. The van der Waals surface area contributed by atoms with Crippen LogP contribution in [-0.2, 0) is 0 Å². The molecule has 0 aliphatic heterocycles. The summed E-state index contributed by atoms with van der Waals surface area (Å²) in [6.45, 7) is 7.51. The number of hydrogen-bond acceptors (Lipinski definition) is 3. The second-order valence-electron chi connectivity index (χ2n) is 4.50. The number of nitrogens with two attached hydrogens (primary N) is 1. The maximum atomic E-state index is 5.73. The highest BCUT2D eigenvalue weighted by Crippen LogP contribution is 2.16. The molecule has 1 rings (SSSR count). The van der Waals surface area contributed by atoms with Crippen molar-refractivity contribution in [1.82, 2.24) is 4.98 Å².